The molecule has 3 aliphatic heterocycles. The van der Waals surface area contributed by atoms with Crippen LogP contribution in [0.15, 0.2) is 38.9 Å². The number of aliphatic hydroxyl groups excluding tert-OH is 1. The van der Waals surface area contributed by atoms with Gasteiger partial charge in [0.05, 0.1) is 42.8 Å². The van der Waals surface area contributed by atoms with Gasteiger partial charge in [0.15, 0.2) is 24.4 Å². The van der Waals surface area contributed by atoms with Crippen LogP contribution in [0.5, 0.6) is 0 Å². The highest BCUT2D eigenvalue weighted by molar-refractivity contribution is 6.00. The molecular weight excluding hydrogens is 805 g/mol. The third-order valence-corrected chi connectivity index (χ3v) is 12.2. The third-order valence-electron chi connectivity index (χ3n) is 12.2. The van der Waals surface area contributed by atoms with Crippen molar-refractivity contribution < 1.29 is 57.6 Å². The van der Waals surface area contributed by atoms with Crippen molar-refractivity contribution in [1.82, 2.24) is 15.0 Å². The number of aliphatic hydroxyl groups is 2. The fourth-order valence-corrected chi connectivity index (χ4v) is 8.93. The summed E-state index contributed by atoms with van der Waals surface area (Å²) in [6.07, 6.45) is -5.40. The molecule has 18 nitrogen and oxygen atoms in total. The molecule has 5 heterocycles. The van der Waals surface area contributed by atoms with E-state index >= 15 is 0 Å². The molecule has 62 heavy (non-hydrogen) atoms. The maximum Gasteiger partial charge on any atom is 0.316 e. The average molecular weight is 867 g/mol. The Hall–Kier alpha value is -4.48. The van der Waals surface area contributed by atoms with Crippen molar-refractivity contribution in [3.63, 3.8) is 0 Å². The van der Waals surface area contributed by atoms with Crippen LogP contribution in [-0.4, -0.2) is 136 Å². The molecule has 13 atom stereocenters. The summed E-state index contributed by atoms with van der Waals surface area (Å²) >= 11 is 0. The van der Waals surface area contributed by atoms with Gasteiger partial charge in [0.1, 0.15) is 46.9 Å². The van der Waals surface area contributed by atoms with Gasteiger partial charge in [-0.25, -0.2) is 9.98 Å². The van der Waals surface area contributed by atoms with Gasteiger partial charge in [0.25, 0.3) is 0 Å². The van der Waals surface area contributed by atoms with Crippen LogP contribution in [0.4, 0.5) is 0 Å². The van der Waals surface area contributed by atoms with E-state index in [4.69, 9.17) is 33.0 Å². The summed E-state index contributed by atoms with van der Waals surface area (Å²) < 4.78 is 37.9. The number of aliphatic imine (C=N–C) groups is 1. The lowest BCUT2D eigenvalue weighted by molar-refractivity contribution is -0.296. The normalized spacial score (nSPS) is 36.6. The molecule has 1 unspecified atom stereocenters. The molecule has 0 radical (unpaired) electrons. The maximum absolute atomic E-state index is 14.5. The van der Waals surface area contributed by atoms with Crippen LogP contribution < -0.4 is 0 Å². The molecule has 0 saturated carbocycles. The van der Waals surface area contributed by atoms with Gasteiger partial charge in [0.2, 0.25) is 5.91 Å². The third kappa shape index (κ3) is 11.0. The van der Waals surface area contributed by atoms with Crippen molar-refractivity contribution in [2.24, 2.45) is 33.8 Å². The largest absolute Gasteiger partial charge is 0.459 e. The van der Waals surface area contributed by atoms with E-state index in [0.717, 1.165) is 0 Å². The number of likely N-dealkylation sites (N-methyl/N-ethyl adjacent to an activating group) is 1. The van der Waals surface area contributed by atoms with E-state index in [9.17, 15) is 29.9 Å². The van der Waals surface area contributed by atoms with Gasteiger partial charge in [-0.2, -0.15) is 5.26 Å². The van der Waals surface area contributed by atoms with Crippen molar-refractivity contribution in [2.75, 3.05) is 27.3 Å². The van der Waals surface area contributed by atoms with E-state index in [1.165, 1.54) is 20.8 Å². The number of esters is 1. The zero-order valence-electron chi connectivity index (χ0n) is 37.6. The number of rotatable bonds is 8. The summed E-state index contributed by atoms with van der Waals surface area (Å²) in [7, 11) is 3.70. The highest BCUT2D eigenvalue weighted by atomic mass is 16.7. The minimum absolute atomic E-state index is 0.0993. The SMILES string of the molecule is CC[C@H]1OC(=O)[C@H](C)C(=O)[C@H](C)[C@@H](O[C@@H]2O[C@H](C)C[C@H](N(C)C)[C@H]2O)[C@@]2(C)C[C@@H](C)C(=NC(C)=O)[C@H](C)C(OC/C(=N\OCc3cc(-c4cccc(C#N)n4)no3)CO2)[C@]1(C)O. The second kappa shape index (κ2) is 20.4. The van der Waals surface area contributed by atoms with E-state index in [-0.39, 0.29) is 56.2 Å². The fourth-order valence-electron chi connectivity index (χ4n) is 8.93. The predicted molar refractivity (Wildman–Crippen MR) is 223 cm³/mol. The van der Waals surface area contributed by atoms with Crippen LogP contribution in [0.1, 0.15) is 93.0 Å². The minimum Gasteiger partial charge on any atom is -0.459 e. The molecule has 18 heteroatoms. The molecule has 0 aliphatic carbocycles. The van der Waals surface area contributed by atoms with Gasteiger partial charge in [-0.15, -0.1) is 0 Å². The Labute approximate surface area is 362 Å². The number of Topliss-reactive ketones (excluding diaryl/α,β-unsaturated/α-hetero) is 1. The molecule has 3 saturated heterocycles. The molecule has 2 aromatic heterocycles. The molecule has 0 spiro atoms. The van der Waals surface area contributed by atoms with Crippen molar-refractivity contribution in [1.29, 1.82) is 5.26 Å². The highest BCUT2D eigenvalue weighted by Crippen LogP contribution is 2.40. The first-order chi connectivity index (χ1) is 29.2. The molecule has 2 bridgehead atoms. The first kappa shape index (κ1) is 48.6. The van der Waals surface area contributed by atoms with E-state index in [0.29, 0.717) is 29.3 Å². The lowest BCUT2D eigenvalue weighted by atomic mass is 9.73. The summed E-state index contributed by atoms with van der Waals surface area (Å²) in [5, 5.41) is 41.8. The number of hydrogen-bond donors (Lipinski definition) is 2. The highest BCUT2D eigenvalue weighted by Gasteiger charge is 2.53. The van der Waals surface area contributed by atoms with Gasteiger partial charge < -0.3 is 48.2 Å². The molecule has 340 valence electrons. The van der Waals surface area contributed by atoms with Crippen LogP contribution in [0.25, 0.3) is 11.4 Å². The van der Waals surface area contributed by atoms with E-state index in [1.54, 1.807) is 52.0 Å². The van der Waals surface area contributed by atoms with Crippen molar-refractivity contribution in [3.05, 3.63) is 35.7 Å². The standard InChI is InChI=1S/C44H62N6O12/c1-12-35-44(9,55)40-25(4)36(46-28(7)51)23(2)18-43(8,39(26(5)37(52)27(6)41(54)60-35)61-42-38(53)34(50(10)11)16-24(3)59-42)57-21-30(20-56-40)48-58-22-31-17-33(49-62-31)32-15-13-14-29(19-45)47-32/h13-15,17,23-27,34-35,38-40,42,53,55H,12,16,18,20-22H2,1-11H3/b46-36?,48-30+/t23-,24-,25+,26+,27-,34+,35-,38-,39-,40?,42+,43-,44-/m1/s1. The number of nitrogens with zero attached hydrogens (tertiary/aromatic N) is 6. The smallest absolute Gasteiger partial charge is 0.316 e. The van der Waals surface area contributed by atoms with Crippen molar-refractivity contribution in [3.8, 4) is 17.5 Å². The number of carbonyl (C=O) groups is 3. The van der Waals surface area contributed by atoms with Gasteiger partial charge in [0, 0.05) is 36.6 Å². The Bertz CT molecular complexity index is 2010. The van der Waals surface area contributed by atoms with Gasteiger partial charge in [-0.1, -0.05) is 44.1 Å². The molecule has 1 amide bonds. The van der Waals surface area contributed by atoms with Crippen LogP contribution >= 0.6 is 0 Å². The second-order valence-electron chi connectivity index (χ2n) is 17.5. The first-order valence-electron chi connectivity index (χ1n) is 21.2. The first-order valence-corrected chi connectivity index (χ1v) is 21.2. The van der Waals surface area contributed by atoms with Gasteiger partial charge in [-0.3, -0.25) is 14.4 Å². The number of hydrogen-bond acceptors (Lipinski definition) is 17. The number of carbonyl (C=O) groups excluding carboxylic acids is 3. The molecule has 5 rings (SSSR count). The summed E-state index contributed by atoms with van der Waals surface area (Å²) in [6.45, 7) is 14.2. The number of oxime groups is 1. The Morgan fingerprint density at radius 3 is 2.48 bits per heavy atom. The van der Waals surface area contributed by atoms with Crippen molar-refractivity contribution in [2.45, 2.75) is 142 Å². The zero-order valence-corrected chi connectivity index (χ0v) is 37.6. The number of amides is 1. The maximum atomic E-state index is 14.5. The van der Waals surface area contributed by atoms with E-state index in [1.807, 2.05) is 38.9 Å². The monoisotopic (exact) mass is 866 g/mol. The molecule has 3 aliphatic rings. The van der Waals surface area contributed by atoms with Gasteiger partial charge >= 0.3 is 5.97 Å². The topological polar surface area (TPSA) is 238 Å². The number of cyclic esters (lactones) is 1. The van der Waals surface area contributed by atoms with E-state index in [2.05, 4.69) is 20.3 Å². The lowest BCUT2D eigenvalue weighted by Crippen LogP contribution is -2.60. The Balaban J connectivity index is 1.63. The molecule has 3 fully saturated rings. The number of pyridine rings is 1. The summed E-state index contributed by atoms with van der Waals surface area (Å²) in [5.41, 5.74) is -1.71. The van der Waals surface area contributed by atoms with Crippen LogP contribution in [0, 0.1) is 35.0 Å². The number of ether oxygens (including phenoxy) is 5. The number of ketones is 1. The Morgan fingerprint density at radius 1 is 1.10 bits per heavy atom. The quantitative estimate of drug-likeness (QED) is 0.216. The zero-order chi connectivity index (χ0) is 45.7. The fraction of sp³-hybridized carbons (Fsp3) is 0.682. The number of nitriles is 1. The minimum atomic E-state index is -1.89. The Morgan fingerprint density at radius 2 is 1.82 bits per heavy atom. The number of fused-ring (bicyclic) bond motifs is 5. The average Bonchev–Trinajstić information content (AvgIpc) is 3.70. The van der Waals surface area contributed by atoms with E-state index < -0.39 is 83.2 Å². The van der Waals surface area contributed by atoms with Crippen LogP contribution in [0.2, 0.25) is 0 Å². The lowest BCUT2D eigenvalue weighted by Gasteiger charge is -2.47. The molecular formula is C44H62N6O12. The summed E-state index contributed by atoms with van der Waals surface area (Å²) in [4.78, 5) is 57.7. The summed E-state index contributed by atoms with van der Waals surface area (Å²) in [5.74, 6) is -5.24. The molecule has 0 aromatic carbocycles. The van der Waals surface area contributed by atoms with Gasteiger partial charge in [-0.05, 0) is 79.1 Å². The number of aromatic nitrogens is 2. The Kier molecular flexibility index (Phi) is 15.9. The van der Waals surface area contributed by atoms with Crippen LogP contribution in [0.3, 0.4) is 0 Å². The molecule has 2 aromatic rings. The van der Waals surface area contributed by atoms with Crippen LogP contribution in [-0.2, 0) is 49.5 Å². The predicted octanol–water partition coefficient (Wildman–Crippen LogP) is 4.04. The molecule has 2 N–H and O–H groups in total. The van der Waals surface area contributed by atoms with Crippen molar-refractivity contribution >= 4 is 29.1 Å². The second-order valence-corrected chi connectivity index (χ2v) is 17.5. The summed E-state index contributed by atoms with van der Waals surface area (Å²) in [6, 6.07) is 8.21.